The Balaban J connectivity index is 2.55. The highest BCUT2D eigenvalue weighted by Crippen LogP contribution is 2.32. The second-order valence-electron chi connectivity index (χ2n) is 6.32. The molecule has 1 aliphatic rings. The first-order chi connectivity index (χ1) is 7.84. The average molecular weight is 240 g/mol. The maximum atomic E-state index is 12.0. The summed E-state index contributed by atoms with van der Waals surface area (Å²) in [7, 11) is 0. The molecule has 1 aliphatic carbocycles. The number of nitrogens with one attached hydrogen (secondary N) is 1. The number of carbonyl (C=O) groups is 1. The predicted molar refractivity (Wildman–Crippen MR) is 71.6 cm³/mol. The molecule has 17 heavy (non-hydrogen) atoms. The van der Waals surface area contributed by atoms with Crippen LogP contribution in [0.25, 0.3) is 0 Å². The molecule has 0 radical (unpaired) electrons. The molecular weight excluding hydrogens is 212 g/mol. The lowest BCUT2D eigenvalue weighted by Crippen LogP contribution is -2.55. The van der Waals surface area contributed by atoms with Gasteiger partial charge in [0.15, 0.2) is 0 Å². The highest BCUT2D eigenvalue weighted by molar-refractivity contribution is 5.82. The highest BCUT2D eigenvalue weighted by Gasteiger charge is 2.33. The minimum atomic E-state index is -0.391. The van der Waals surface area contributed by atoms with Crippen molar-refractivity contribution in [2.75, 3.05) is 0 Å². The summed E-state index contributed by atoms with van der Waals surface area (Å²) in [5.41, 5.74) is 5.76. The Kier molecular flexibility index (Phi) is 4.99. The number of hydrogen-bond acceptors (Lipinski definition) is 2. The topological polar surface area (TPSA) is 55.1 Å². The fourth-order valence-electron chi connectivity index (χ4n) is 2.63. The maximum absolute atomic E-state index is 12.0. The van der Waals surface area contributed by atoms with Crippen molar-refractivity contribution in [2.45, 2.75) is 71.4 Å². The van der Waals surface area contributed by atoms with E-state index in [4.69, 9.17) is 5.73 Å². The normalized spacial score (nSPS) is 20.4. The molecule has 0 aromatic rings. The second-order valence-corrected chi connectivity index (χ2v) is 6.32. The molecule has 1 saturated carbocycles. The predicted octanol–water partition coefficient (Wildman–Crippen LogP) is 2.44. The molecule has 1 atom stereocenters. The minimum Gasteiger partial charge on any atom is -0.350 e. The summed E-state index contributed by atoms with van der Waals surface area (Å²) in [6.45, 7) is 8.23. The molecule has 0 bridgehead atoms. The zero-order valence-corrected chi connectivity index (χ0v) is 11.8. The van der Waals surface area contributed by atoms with Crippen molar-refractivity contribution < 1.29 is 4.79 Å². The van der Waals surface area contributed by atoms with E-state index in [1.54, 1.807) is 0 Å². The first kappa shape index (κ1) is 14.5. The molecule has 100 valence electrons. The van der Waals surface area contributed by atoms with E-state index < -0.39 is 6.04 Å². The molecule has 0 unspecified atom stereocenters. The lowest BCUT2D eigenvalue weighted by molar-refractivity contribution is -0.125. The van der Waals surface area contributed by atoms with Gasteiger partial charge in [0.25, 0.3) is 0 Å². The molecule has 1 fully saturated rings. The van der Waals surface area contributed by atoms with Gasteiger partial charge in [0.1, 0.15) is 0 Å². The fourth-order valence-corrected chi connectivity index (χ4v) is 2.63. The van der Waals surface area contributed by atoms with Gasteiger partial charge in [0, 0.05) is 5.54 Å². The van der Waals surface area contributed by atoms with Gasteiger partial charge < -0.3 is 11.1 Å². The molecule has 0 aromatic carbocycles. The quantitative estimate of drug-likeness (QED) is 0.793. The zero-order chi connectivity index (χ0) is 13.1. The van der Waals surface area contributed by atoms with Crippen LogP contribution in [0.15, 0.2) is 0 Å². The largest absolute Gasteiger partial charge is 0.350 e. The third-order valence-corrected chi connectivity index (χ3v) is 4.09. The van der Waals surface area contributed by atoms with Gasteiger partial charge in [0.2, 0.25) is 5.91 Å². The van der Waals surface area contributed by atoms with E-state index in [2.05, 4.69) is 19.2 Å². The summed E-state index contributed by atoms with van der Waals surface area (Å²) in [6.07, 6.45) is 6.38. The first-order valence-corrected chi connectivity index (χ1v) is 6.92. The van der Waals surface area contributed by atoms with Crippen molar-refractivity contribution >= 4 is 5.91 Å². The van der Waals surface area contributed by atoms with Crippen LogP contribution in [-0.4, -0.2) is 17.5 Å². The highest BCUT2D eigenvalue weighted by atomic mass is 16.2. The van der Waals surface area contributed by atoms with E-state index in [-0.39, 0.29) is 17.4 Å². The SMILES string of the molecule is CC(C)[C@@H](N)C(=O)NC(C)(C)C1CCCCC1. The Morgan fingerprint density at radius 2 is 1.76 bits per heavy atom. The van der Waals surface area contributed by atoms with Crippen molar-refractivity contribution in [1.29, 1.82) is 0 Å². The maximum Gasteiger partial charge on any atom is 0.237 e. The van der Waals surface area contributed by atoms with Crippen LogP contribution < -0.4 is 11.1 Å². The van der Waals surface area contributed by atoms with Crippen molar-refractivity contribution in [2.24, 2.45) is 17.6 Å². The molecule has 0 aromatic heterocycles. The molecule has 3 N–H and O–H groups in total. The number of nitrogens with two attached hydrogens (primary N) is 1. The van der Waals surface area contributed by atoms with Gasteiger partial charge in [-0.2, -0.15) is 0 Å². The van der Waals surface area contributed by atoms with Crippen molar-refractivity contribution in [3.05, 3.63) is 0 Å². The molecule has 1 amide bonds. The third-order valence-electron chi connectivity index (χ3n) is 4.09. The van der Waals surface area contributed by atoms with E-state index in [9.17, 15) is 4.79 Å². The Morgan fingerprint density at radius 3 is 2.24 bits per heavy atom. The summed E-state index contributed by atoms with van der Waals surface area (Å²) >= 11 is 0. The molecule has 3 heteroatoms. The van der Waals surface area contributed by atoms with Crippen LogP contribution in [0.3, 0.4) is 0 Å². The zero-order valence-electron chi connectivity index (χ0n) is 11.8. The summed E-state index contributed by atoms with van der Waals surface area (Å²) < 4.78 is 0. The Labute approximate surface area is 106 Å². The smallest absolute Gasteiger partial charge is 0.237 e. The summed E-state index contributed by atoms with van der Waals surface area (Å²) in [5.74, 6) is 0.785. The molecule has 0 spiro atoms. The van der Waals surface area contributed by atoms with Crippen LogP contribution in [0.2, 0.25) is 0 Å². The van der Waals surface area contributed by atoms with E-state index in [1.807, 2.05) is 13.8 Å². The van der Waals surface area contributed by atoms with E-state index in [0.29, 0.717) is 5.92 Å². The Hall–Kier alpha value is -0.570. The van der Waals surface area contributed by atoms with Crippen molar-refractivity contribution in [1.82, 2.24) is 5.32 Å². The van der Waals surface area contributed by atoms with Crippen LogP contribution in [-0.2, 0) is 4.79 Å². The van der Waals surface area contributed by atoms with Crippen molar-refractivity contribution in [3.8, 4) is 0 Å². The van der Waals surface area contributed by atoms with E-state index in [1.165, 1.54) is 32.1 Å². The standard InChI is InChI=1S/C14H28N2O/c1-10(2)12(15)13(17)16-14(3,4)11-8-6-5-7-9-11/h10-12H,5-9,15H2,1-4H3,(H,16,17)/t12-/m1/s1. The summed E-state index contributed by atoms with van der Waals surface area (Å²) in [4.78, 5) is 12.0. The summed E-state index contributed by atoms with van der Waals surface area (Å²) in [6, 6.07) is -0.391. The van der Waals surface area contributed by atoms with Gasteiger partial charge in [-0.3, -0.25) is 4.79 Å². The molecule has 0 heterocycles. The van der Waals surface area contributed by atoms with Crippen LogP contribution in [0.5, 0.6) is 0 Å². The lowest BCUT2D eigenvalue weighted by atomic mass is 9.76. The number of amides is 1. The van der Waals surface area contributed by atoms with Crippen LogP contribution in [0, 0.1) is 11.8 Å². The van der Waals surface area contributed by atoms with Gasteiger partial charge in [-0.1, -0.05) is 33.1 Å². The molecular formula is C14H28N2O. The van der Waals surface area contributed by atoms with Gasteiger partial charge >= 0.3 is 0 Å². The molecule has 3 nitrogen and oxygen atoms in total. The van der Waals surface area contributed by atoms with Gasteiger partial charge in [0.05, 0.1) is 6.04 Å². The minimum absolute atomic E-state index is 0.00410. The van der Waals surface area contributed by atoms with E-state index >= 15 is 0 Å². The Bertz CT molecular complexity index is 255. The fraction of sp³-hybridized carbons (Fsp3) is 0.929. The third kappa shape index (κ3) is 3.98. The van der Waals surface area contributed by atoms with Gasteiger partial charge in [-0.15, -0.1) is 0 Å². The van der Waals surface area contributed by atoms with Crippen LogP contribution >= 0.6 is 0 Å². The Morgan fingerprint density at radius 1 is 1.24 bits per heavy atom. The number of carbonyl (C=O) groups excluding carboxylic acids is 1. The first-order valence-electron chi connectivity index (χ1n) is 6.92. The molecule has 0 saturated heterocycles. The van der Waals surface area contributed by atoms with Crippen LogP contribution in [0.1, 0.15) is 59.8 Å². The van der Waals surface area contributed by atoms with Gasteiger partial charge in [-0.05, 0) is 38.5 Å². The summed E-state index contributed by atoms with van der Waals surface area (Å²) in [5, 5.41) is 3.14. The molecule has 0 aliphatic heterocycles. The lowest BCUT2D eigenvalue weighted by Gasteiger charge is -2.38. The number of rotatable bonds is 4. The number of hydrogen-bond donors (Lipinski definition) is 2. The average Bonchev–Trinajstić information content (AvgIpc) is 2.28. The second kappa shape index (κ2) is 5.85. The monoisotopic (exact) mass is 240 g/mol. The van der Waals surface area contributed by atoms with E-state index in [0.717, 1.165) is 0 Å². The molecule has 1 rings (SSSR count). The van der Waals surface area contributed by atoms with Crippen LogP contribution in [0.4, 0.5) is 0 Å². The van der Waals surface area contributed by atoms with Gasteiger partial charge in [-0.25, -0.2) is 0 Å². The van der Waals surface area contributed by atoms with Crippen molar-refractivity contribution in [3.63, 3.8) is 0 Å².